The summed E-state index contributed by atoms with van der Waals surface area (Å²) < 4.78 is 2.08. The molecule has 2 saturated carbocycles. The van der Waals surface area contributed by atoms with E-state index in [0.29, 0.717) is 29.1 Å². The summed E-state index contributed by atoms with van der Waals surface area (Å²) in [6.45, 7) is 0.524. The van der Waals surface area contributed by atoms with E-state index in [1.54, 1.807) is 18.3 Å². The number of aromatic nitrogens is 5. The van der Waals surface area contributed by atoms with Crippen molar-refractivity contribution >= 4 is 34.8 Å². The van der Waals surface area contributed by atoms with Crippen LogP contribution in [0.2, 0.25) is 5.02 Å². The van der Waals surface area contributed by atoms with Crippen LogP contribution in [0.15, 0.2) is 55.2 Å². The fraction of sp³-hybridized carbons (Fsp3) is 0.292. The van der Waals surface area contributed by atoms with E-state index >= 15 is 0 Å². The predicted molar refractivity (Wildman–Crippen MR) is 125 cm³/mol. The number of amides is 1. The Kier molecular flexibility index (Phi) is 4.95. The Hall–Kier alpha value is -3.52. The molecular weight excluding hydrogens is 438 g/mol. The summed E-state index contributed by atoms with van der Waals surface area (Å²) in [5, 5.41) is 6.79. The zero-order chi connectivity index (χ0) is 22.4. The van der Waals surface area contributed by atoms with E-state index in [-0.39, 0.29) is 17.7 Å². The number of rotatable bonds is 7. The smallest absolute Gasteiger partial charge is 0.229 e. The molecule has 4 aromatic heterocycles. The average molecular weight is 460 g/mol. The van der Waals surface area contributed by atoms with Gasteiger partial charge < -0.3 is 15.0 Å². The van der Waals surface area contributed by atoms with E-state index in [1.165, 1.54) is 24.7 Å². The molecule has 166 valence electrons. The van der Waals surface area contributed by atoms with Gasteiger partial charge in [-0.15, -0.1) is 0 Å². The number of pyridine rings is 2. The number of nitrogens with zero attached hydrogens (tertiary/aromatic N) is 5. The van der Waals surface area contributed by atoms with Gasteiger partial charge in [0.05, 0.1) is 12.2 Å². The zero-order valence-electron chi connectivity index (χ0n) is 17.8. The molecule has 0 aliphatic heterocycles. The number of nitrogens with one attached hydrogen (secondary N) is 2. The lowest BCUT2D eigenvalue weighted by atomic mass is 10.2. The molecule has 2 atom stereocenters. The van der Waals surface area contributed by atoms with Gasteiger partial charge in [-0.2, -0.15) is 0 Å². The first-order valence-corrected chi connectivity index (χ1v) is 11.5. The van der Waals surface area contributed by atoms with Crippen LogP contribution in [0, 0.1) is 5.92 Å². The number of hydrogen-bond donors (Lipinski definition) is 2. The lowest BCUT2D eigenvalue weighted by molar-refractivity contribution is -0.117. The van der Waals surface area contributed by atoms with Crippen LogP contribution in [0.3, 0.4) is 0 Å². The number of anilines is 2. The number of carbonyl (C=O) groups excluding carboxylic acids is 1. The second-order valence-corrected chi connectivity index (χ2v) is 9.15. The van der Waals surface area contributed by atoms with E-state index in [2.05, 4.69) is 53.3 Å². The van der Waals surface area contributed by atoms with E-state index in [4.69, 9.17) is 11.6 Å². The topological polar surface area (TPSA) is 97.1 Å². The number of carbonyl (C=O) groups is 1. The Bertz CT molecular complexity index is 1350. The van der Waals surface area contributed by atoms with Gasteiger partial charge in [0.25, 0.3) is 0 Å². The molecule has 0 bridgehead atoms. The quantitative estimate of drug-likeness (QED) is 0.425. The molecule has 8 nitrogen and oxygen atoms in total. The number of halogens is 1. The first-order chi connectivity index (χ1) is 16.1. The van der Waals surface area contributed by atoms with Gasteiger partial charge in [-0.3, -0.25) is 9.78 Å². The largest absolute Gasteiger partial charge is 0.364 e. The van der Waals surface area contributed by atoms with Gasteiger partial charge in [0, 0.05) is 47.2 Å². The molecule has 0 aromatic carbocycles. The molecule has 2 N–H and O–H groups in total. The summed E-state index contributed by atoms with van der Waals surface area (Å²) in [6, 6.07) is 9.52. The molecule has 1 amide bonds. The summed E-state index contributed by atoms with van der Waals surface area (Å²) in [5.74, 6) is 1.70. The first-order valence-electron chi connectivity index (χ1n) is 11.1. The van der Waals surface area contributed by atoms with E-state index in [9.17, 15) is 4.79 Å². The Labute approximate surface area is 195 Å². The standard InChI is InChI=1S/C24H22ClN7O/c25-16-5-6-26-20(7-16)18-8-19(18)24(33)31-22-9-21(28-13-29-22)27-10-17-12-32-11-15(14-1-2-14)3-4-23(32)30-17/h3-7,9,11-14,18-19H,1-2,8,10H2,(H2,27,28,29,31,33)/t18-,19-/m1/s1. The van der Waals surface area contributed by atoms with Gasteiger partial charge >= 0.3 is 0 Å². The van der Waals surface area contributed by atoms with Gasteiger partial charge in [0.1, 0.15) is 23.6 Å². The minimum Gasteiger partial charge on any atom is -0.364 e. The minimum atomic E-state index is -0.124. The van der Waals surface area contributed by atoms with Crippen molar-refractivity contribution < 1.29 is 4.79 Å². The highest BCUT2D eigenvalue weighted by Crippen LogP contribution is 2.47. The molecule has 2 fully saturated rings. The van der Waals surface area contributed by atoms with Crippen LogP contribution in [0.1, 0.15) is 48.0 Å². The van der Waals surface area contributed by atoms with Crippen LogP contribution in [0.5, 0.6) is 0 Å². The fourth-order valence-corrected chi connectivity index (χ4v) is 4.33. The van der Waals surface area contributed by atoms with Gasteiger partial charge in [0.2, 0.25) is 5.91 Å². The lowest BCUT2D eigenvalue weighted by Gasteiger charge is -2.07. The van der Waals surface area contributed by atoms with Crippen molar-refractivity contribution in [2.24, 2.45) is 5.92 Å². The van der Waals surface area contributed by atoms with Crippen LogP contribution < -0.4 is 10.6 Å². The molecule has 6 rings (SSSR count). The van der Waals surface area contributed by atoms with E-state index < -0.39 is 0 Å². The van der Waals surface area contributed by atoms with Crippen molar-refractivity contribution in [2.45, 2.75) is 37.6 Å². The number of imidazole rings is 1. The van der Waals surface area contributed by atoms with Crippen molar-refractivity contribution in [3.63, 3.8) is 0 Å². The lowest BCUT2D eigenvalue weighted by Crippen LogP contribution is -2.16. The first kappa shape index (κ1) is 20.1. The summed E-state index contributed by atoms with van der Waals surface area (Å²) in [6.07, 6.45) is 10.6. The van der Waals surface area contributed by atoms with Crippen molar-refractivity contribution in [1.82, 2.24) is 24.3 Å². The molecule has 2 aliphatic carbocycles. The second-order valence-electron chi connectivity index (χ2n) is 8.71. The fourth-order valence-electron chi connectivity index (χ4n) is 4.16. The highest BCUT2D eigenvalue weighted by atomic mass is 35.5. The maximum Gasteiger partial charge on any atom is 0.229 e. The second kappa shape index (κ2) is 8.12. The molecule has 2 aliphatic rings. The molecule has 9 heteroatoms. The molecule has 4 aromatic rings. The van der Waals surface area contributed by atoms with Crippen molar-refractivity contribution in [3.8, 4) is 0 Å². The van der Waals surface area contributed by atoms with Crippen LogP contribution >= 0.6 is 11.6 Å². The zero-order valence-corrected chi connectivity index (χ0v) is 18.5. The number of hydrogen-bond acceptors (Lipinski definition) is 6. The molecule has 0 spiro atoms. The SMILES string of the molecule is O=C(Nc1cc(NCc2cn3cc(C4CC4)ccc3n2)ncn1)[C@@H]1C[C@H]1c1cc(Cl)ccn1. The molecule has 0 radical (unpaired) electrons. The molecule has 33 heavy (non-hydrogen) atoms. The van der Waals surface area contributed by atoms with Gasteiger partial charge in [-0.1, -0.05) is 17.7 Å². The predicted octanol–water partition coefficient (Wildman–Crippen LogP) is 4.40. The maximum atomic E-state index is 12.6. The number of fused-ring (bicyclic) bond motifs is 1. The highest BCUT2D eigenvalue weighted by molar-refractivity contribution is 6.30. The van der Waals surface area contributed by atoms with Crippen LogP contribution in [-0.2, 0) is 11.3 Å². The third-order valence-electron chi connectivity index (χ3n) is 6.19. The summed E-state index contributed by atoms with van der Waals surface area (Å²) in [5.41, 5.74) is 4.08. The highest BCUT2D eigenvalue weighted by Gasteiger charge is 2.45. The Morgan fingerprint density at radius 2 is 1.97 bits per heavy atom. The third-order valence-corrected chi connectivity index (χ3v) is 6.43. The van der Waals surface area contributed by atoms with Crippen LogP contribution in [0.4, 0.5) is 11.6 Å². The van der Waals surface area contributed by atoms with Crippen molar-refractivity contribution in [1.29, 1.82) is 0 Å². The monoisotopic (exact) mass is 459 g/mol. The maximum absolute atomic E-state index is 12.6. The minimum absolute atomic E-state index is 0.0711. The summed E-state index contributed by atoms with van der Waals surface area (Å²) in [7, 11) is 0. The van der Waals surface area contributed by atoms with Crippen LogP contribution in [-0.4, -0.2) is 30.2 Å². The molecule has 0 saturated heterocycles. The van der Waals surface area contributed by atoms with Crippen molar-refractivity contribution in [3.05, 3.63) is 77.2 Å². The van der Waals surface area contributed by atoms with E-state index in [0.717, 1.165) is 23.5 Å². The summed E-state index contributed by atoms with van der Waals surface area (Å²) in [4.78, 5) is 30.1. The van der Waals surface area contributed by atoms with E-state index in [1.807, 2.05) is 12.3 Å². The molecule has 0 unspecified atom stereocenters. The van der Waals surface area contributed by atoms with Crippen molar-refractivity contribution in [2.75, 3.05) is 10.6 Å². The average Bonchev–Trinajstić information content (AvgIpc) is 3.74. The van der Waals surface area contributed by atoms with Gasteiger partial charge in [-0.25, -0.2) is 15.0 Å². The Balaban J connectivity index is 1.08. The van der Waals surface area contributed by atoms with Crippen LogP contribution in [0.25, 0.3) is 5.65 Å². The van der Waals surface area contributed by atoms with Gasteiger partial charge in [0.15, 0.2) is 0 Å². The molecular formula is C24H22ClN7O. The Morgan fingerprint density at radius 3 is 2.82 bits per heavy atom. The summed E-state index contributed by atoms with van der Waals surface area (Å²) >= 11 is 6.04. The molecule has 4 heterocycles. The normalized spacial score (nSPS) is 19.4. The van der Waals surface area contributed by atoms with Gasteiger partial charge in [-0.05, 0) is 48.9 Å². The third kappa shape index (κ3) is 4.39. The Morgan fingerprint density at radius 1 is 1.09 bits per heavy atom.